The van der Waals surface area contributed by atoms with Crippen molar-refractivity contribution in [1.29, 1.82) is 0 Å². The minimum absolute atomic E-state index is 0.248. The summed E-state index contributed by atoms with van der Waals surface area (Å²) in [7, 11) is 4.54. The molecule has 0 bridgehead atoms. The van der Waals surface area contributed by atoms with Crippen LogP contribution in [0.15, 0.2) is 60.9 Å². The maximum Gasteiger partial charge on any atom is 0.203 e. The lowest BCUT2D eigenvalue weighted by molar-refractivity contribution is 0.105. The number of pyridine rings is 1. The zero-order valence-corrected chi connectivity index (χ0v) is 17.4. The van der Waals surface area contributed by atoms with Crippen LogP contribution in [0.3, 0.4) is 0 Å². The summed E-state index contributed by atoms with van der Waals surface area (Å²) >= 11 is 0. The van der Waals surface area contributed by atoms with Gasteiger partial charge >= 0.3 is 0 Å². The Morgan fingerprint density at radius 3 is 2.32 bits per heavy atom. The van der Waals surface area contributed by atoms with Gasteiger partial charge in [-0.15, -0.1) is 0 Å². The molecule has 0 saturated heterocycles. The van der Waals surface area contributed by atoms with Gasteiger partial charge in [-0.3, -0.25) is 9.78 Å². The summed E-state index contributed by atoms with van der Waals surface area (Å²) in [6, 6.07) is 14.6. The van der Waals surface area contributed by atoms with Crippen molar-refractivity contribution < 1.29 is 19.0 Å². The lowest BCUT2D eigenvalue weighted by Gasteiger charge is -2.14. The van der Waals surface area contributed by atoms with Crippen LogP contribution in [0, 0.1) is 0 Å². The van der Waals surface area contributed by atoms with Crippen molar-refractivity contribution in [3.05, 3.63) is 77.9 Å². The fourth-order valence-corrected chi connectivity index (χ4v) is 3.32. The van der Waals surface area contributed by atoms with E-state index in [-0.39, 0.29) is 5.78 Å². The SMILES string of the molecule is COc1cc(C(=O)/C(=C/c2cccnc2)c2nc3ccccc3[nH]2)cc(OC)c1OC. The van der Waals surface area contributed by atoms with Crippen molar-refractivity contribution in [3.63, 3.8) is 0 Å². The molecule has 7 nitrogen and oxygen atoms in total. The number of aromatic nitrogens is 3. The molecule has 2 aromatic carbocycles. The topological polar surface area (TPSA) is 86.3 Å². The molecule has 2 aromatic heterocycles. The van der Waals surface area contributed by atoms with E-state index < -0.39 is 0 Å². The van der Waals surface area contributed by atoms with Crippen LogP contribution in [0.2, 0.25) is 0 Å². The number of carbonyl (C=O) groups is 1. The van der Waals surface area contributed by atoms with Gasteiger partial charge < -0.3 is 19.2 Å². The fourth-order valence-electron chi connectivity index (χ4n) is 3.32. The van der Waals surface area contributed by atoms with Gasteiger partial charge in [0.05, 0.1) is 37.9 Å². The first-order valence-electron chi connectivity index (χ1n) is 9.56. The Labute approximate surface area is 179 Å². The zero-order chi connectivity index (χ0) is 21.8. The second-order valence-corrected chi connectivity index (χ2v) is 6.69. The van der Waals surface area contributed by atoms with Crippen LogP contribution in [-0.4, -0.2) is 42.1 Å². The van der Waals surface area contributed by atoms with Crippen LogP contribution in [0.4, 0.5) is 0 Å². The molecule has 2 heterocycles. The highest BCUT2D eigenvalue weighted by molar-refractivity contribution is 6.32. The zero-order valence-electron chi connectivity index (χ0n) is 17.4. The number of fused-ring (bicyclic) bond motifs is 1. The summed E-state index contributed by atoms with van der Waals surface area (Å²) in [6.07, 6.45) is 5.13. The van der Waals surface area contributed by atoms with Gasteiger partial charge in [-0.2, -0.15) is 0 Å². The fraction of sp³-hybridized carbons (Fsp3) is 0.125. The molecule has 1 N–H and O–H groups in total. The number of carbonyl (C=O) groups excluding carboxylic acids is 1. The minimum atomic E-state index is -0.248. The number of allylic oxidation sites excluding steroid dienone is 1. The molecule has 0 unspecified atom stereocenters. The molecule has 0 radical (unpaired) electrons. The van der Waals surface area contributed by atoms with Gasteiger partial charge in [-0.1, -0.05) is 18.2 Å². The molecule has 156 valence electrons. The Kier molecular flexibility index (Phi) is 5.66. The molecule has 0 aliphatic heterocycles. The molecule has 0 aliphatic carbocycles. The summed E-state index contributed by atoms with van der Waals surface area (Å²) in [5, 5.41) is 0. The van der Waals surface area contributed by atoms with Gasteiger partial charge in [-0.25, -0.2) is 4.98 Å². The quantitative estimate of drug-likeness (QED) is 0.355. The number of hydrogen-bond donors (Lipinski definition) is 1. The second-order valence-electron chi connectivity index (χ2n) is 6.69. The predicted octanol–water partition coefficient (Wildman–Crippen LogP) is 4.41. The summed E-state index contributed by atoms with van der Waals surface area (Å²) in [6.45, 7) is 0. The molecule has 0 spiro atoms. The lowest BCUT2D eigenvalue weighted by Crippen LogP contribution is -2.06. The molecular formula is C24H21N3O4. The first-order valence-corrected chi connectivity index (χ1v) is 9.56. The van der Waals surface area contributed by atoms with E-state index in [2.05, 4.69) is 15.0 Å². The standard InChI is InChI=1S/C24H21N3O4/c1-29-20-12-16(13-21(30-2)23(20)31-3)22(28)17(11-15-7-6-10-25-14-15)24-26-18-8-4-5-9-19(18)27-24/h4-14H,1-3H3,(H,26,27)/b17-11-. The Balaban J connectivity index is 1.88. The third-order valence-corrected chi connectivity index (χ3v) is 4.81. The average Bonchev–Trinajstić information content (AvgIpc) is 3.25. The second kappa shape index (κ2) is 8.71. The molecule has 0 aliphatic rings. The van der Waals surface area contributed by atoms with Crippen LogP contribution < -0.4 is 14.2 Å². The van der Waals surface area contributed by atoms with Crippen LogP contribution in [0.25, 0.3) is 22.7 Å². The summed E-state index contributed by atoms with van der Waals surface area (Å²) in [4.78, 5) is 25.7. The average molecular weight is 415 g/mol. The number of rotatable bonds is 7. The van der Waals surface area contributed by atoms with E-state index >= 15 is 0 Å². The molecule has 0 amide bonds. The van der Waals surface area contributed by atoms with Crippen LogP contribution in [0.1, 0.15) is 21.7 Å². The molecule has 4 rings (SSSR count). The number of nitrogens with one attached hydrogen (secondary N) is 1. The monoisotopic (exact) mass is 415 g/mol. The van der Waals surface area contributed by atoms with E-state index in [4.69, 9.17) is 14.2 Å². The Morgan fingerprint density at radius 1 is 0.968 bits per heavy atom. The number of nitrogens with zero attached hydrogens (tertiary/aromatic N) is 2. The number of H-pyrrole nitrogens is 1. The number of para-hydroxylation sites is 2. The molecule has 7 heteroatoms. The number of methoxy groups -OCH3 is 3. The highest BCUT2D eigenvalue weighted by Gasteiger charge is 2.22. The lowest BCUT2D eigenvalue weighted by atomic mass is 10.00. The predicted molar refractivity (Wildman–Crippen MR) is 119 cm³/mol. The number of aromatic amines is 1. The Hall–Kier alpha value is -4.13. The van der Waals surface area contributed by atoms with E-state index in [9.17, 15) is 4.79 Å². The van der Waals surface area contributed by atoms with Crippen LogP contribution in [0.5, 0.6) is 17.2 Å². The van der Waals surface area contributed by atoms with E-state index in [0.717, 1.165) is 16.6 Å². The smallest absolute Gasteiger partial charge is 0.203 e. The number of imidazole rings is 1. The maximum atomic E-state index is 13.7. The minimum Gasteiger partial charge on any atom is -0.493 e. The highest BCUT2D eigenvalue weighted by atomic mass is 16.5. The number of ketones is 1. The Morgan fingerprint density at radius 2 is 1.71 bits per heavy atom. The van der Waals surface area contributed by atoms with E-state index in [0.29, 0.717) is 34.2 Å². The number of hydrogen-bond acceptors (Lipinski definition) is 6. The molecule has 0 atom stereocenters. The normalized spacial score (nSPS) is 11.4. The summed E-state index contributed by atoms with van der Waals surface area (Å²) < 4.78 is 16.2. The van der Waals surface area contributed by atoms with E-state index in [1.807, 2.05) is 36.4 Å². The number of Topliss-reactive ketones (excluding diaryl/α,β-unsaturated/α-hetero) is 1. The van der Waals surface area contributed by atoms with Gasteiger partial charge in [0, 0.05) is 18.0 Å². The molecule has 0 fully saturated rings. The molecular weight excluding hydrogens is 394 g/mol. The van der Waals surface area contributed by atoms with Crippen LogP contribution in [-0.2, 0) is 0 Å². The molecule has 31 heavy (non-hydrogen) atoms. The maximum absolute atomic E-state index is 13.7. The van der Waals surface area contributed by atoms with Crippen molar-refractivity contribution in [2.45, 2.75) is 0 Å². The number of ether oxygens (including phenoxy) is 3. The van der Waals surface area contributed by atoms with E-state index in [1.54, 1.807) is 30.6 Å². The first-order chi connectivity index (χ1) is 15.1. The summed E-state index contributed by atoms with van der Waals surface area (Å²) in [5.41, 5.74) is 3.15. The largest absolute Gasteiger partial charge is 0.493 e. The third kappa shape index (κ3) is 3.98. The third-order valence-electron chi connectivity index (χ3n) is 4.81. The van der Waals surface area contributed by atoms with Gasteiger partial charge in [-0.05, 0) is 42.0 Å². The first kappa shape index (κ1) is 20.2. The Bertz CT molecular complexity index is 1200. The van der Waals surface area contributed by atoms with Gasteiger partial charge in [0.25, 0.3) is 0 Å². The van der Waals surface area contributed by atoms with Gasteiger partial charge in [0.15, 0.2) is 17.3 Å². The van der Waals surface area contributed by atoms with Crippen LogP contribution >= 0.6 is 0 Å². The van der Waals surface area contributed by atoms with Crippen molar-refractivity contribution in [3.8, 4) is 17.2 Å². The molecule has 0 saturated carbocycles. The van der Waals surface area contributed by atoms with Crippen molar-refractivity contribution in [2.75, 3.05) is 21.3 Å². The highest BCUT2D eigenvalue weighted by Crippen LogP contribution is 2.39. The van der Waals surface area contributed by atoms with Crippen molar-refractivity contribution in [2.24, 2.45) is 0 Å². The van der Waals surface area contributed by atoms with Gasteiger partial charge in [0.1, 0.15) is 5.82 Å². The molecule has 4 aromatic rings. The summed E-state index contributed by atoms with van der Waals surface area (Å²) in [5.74, 6) is 1.43. The van der Waals surface area contributed by atoms with Crippen molar-refractivity contribution in [1.82, 2.24) is 15.0 Å². The number of benzene rings is 2. The van der Waals surface area contributed by atoms with Crippen molar-refractivity contribution >= 4 is 28.5 Å². The van der Waals surface area contributed by atoms with E-state index in [1.165, 1.54) is 21.3 Å². The van der Waals surface area contributed by atoms with Gasteiger partial charge in [0.2, 0.25) is 5.75 Å².